The number of halogens is 1. The molecule has 0 saturated carbocycles. The van der Waals surface area contributed by atoms with Crippen LogP contribution in [0, 0.1) is 6.92 Å². The number of anilines is 1. The topological polar surface area (TPSA) is 49.2 Å². The predicted octanol–water partition coefficient (Wildman–Crippen LogP) is 1.01. The van der Waals surface area contributed by atoms with Crippen molar-refractivity contribution in [1.29, 1.82) is 0 Å². The van der Waals surface area contributed by atoms with Gasteiger partial charge in [0, 0.05) is 18.7 Å². The van der Waals surface area contributed by atoms with Crippen LogP contribution in [0.4, 0.5) is 5.82 Å². The number of hydrogen-bond donors (Lipinski definition) is 1. The van der Waals surface area contributed by atoms with E-state index in [4.69, 9.17) is 11.6 Å². The Morgan fingerprint density at radius 2 is 2.14 bits per heavy atom. The van der Waals surface area contributed by atoms with E-state index in [9.17, 15) is 5.11 Å². The highest BCUT2D eigenvalue weighted by Crippen LogP contribution is 2.29. The molecule has 2 rings (SSSR count). The minimum absolute atomic E-state index is 0.474. The van der Waals surface area contributed by atoms with Gasteiger partial charge in [-0.3, -0.25) is 0 Å². The van der Waals surface area contributed by atoms with Gasteiger partial charge in [-0.25, -0.2) is 9.97 Å². The number of hydrogen-bond acceptors (Lipinski definition) is 4. The van der Waals surface area contributed by atoms with Crippen LogP contribution in [0.25, 0.3) is 0 Å². The average molecular weight is 214 g/mol. The van der Waals surface area contributed by atoms with Crippen molar-refractivity contribution in [1.82, 2.24) is 9.97 Å². The second-order valence-electron chi connectivity index (χ2n) is 3.97. The van der Waals surface area contributed by atoms with Crippen LogP contribution in [-0.2, 0) is 0 Å². The zero-order valence-corrected chi connectivity index (χ0v) is 8.91. The summed E-state index contributed by atoms with van der Waals surface area (Å²) >= 11 is 5.87. The third-order valence-corrected chi connectivity index (χ3v) is 2.74. The van der Waals surface area contributed by atoms with E-state index in [0.29, 0.717) is 18.2 Å². The summed E-state index contributed by atoms with van der Waals surface area (Å²) in [4.78, 5) is 10.0. The lowest BCUT2D eigenvalue weighted by atomic mass is 9.97. The maximum absolute atomic E-state index is 9.59. The molecule has 1 fully saturated rings. The Balaban J connectivity index is 2.23. The van der Waals surface area contributed by atoms with Crippen molar-refractivity contribution < 1.29 is 5.11 Å². The van der Waals surface area contributed by atoms with Crippen molar-refractivity contribution in [2.75, 3.05) is 18.0 Å². The fraction of sp³-hybridized carbons (Fsp3) is 0.556. The third-order valence-electron chi connectivity index (χ3n) is 2.36. The molecule has 0 spiro atoms. The molecule has 0 aromatic carbocycles. The first-order chi connectivity index (χ1) is 6.49. The van der Waals surface area contributed by atoms with Crippen LogP contribution in [0.3, 0.4) is 0 Å². The van der Waals surface area contributed by atoms with Crippen LogP contribution in [0.1, 0.15) is 12.5 Å². The Kier molecular flexibility index (Phi) is 2.12. The van der Waals surface area contributed by atoms with Crippen LogP contribution in [0.2, 0.25) is 5.15 Å². The first-order valence-electron chi connectivity index (χ1n) is 4.44. The molecule has 1 aliphatic rings. The fourth-order valence-electron chi connectivity index (χ4n) is 1.66. The van der Waals surface area contributed by atoms with Crippen LogP contribution in [0.5, 0.6) is 0 Å². The van der Waals surface area contributed by atoms with E-state index in [1.54, 1.807) is 0 Å². The second-order valence-corrected chi connectivity index (χ2v) is 4.32. The highest BCUT2D eigenvalue weighted by molar-refractivity contribution is 6.30. The molecule has 5 heteroatoms. The zero-order valence-electron chi connectivity index (χ0n) is 8.16. The Bertz CT molecular complexity index is 359. The zero-order chi connectivity index (χ0) is 10.3. The van der Waals surface area contributed by atoms with Crippen LogP contribution in [-0.4, -0.2) is 33.8 Å². The lowest BCUT2D eigenvalue weighted by Crippen LogP contribution is -2.60. The van der Waals surface area contributed by atoms with E-state index in [-0.39, 0.29) is 0 Å². The van der Waals surface area contributed by atoms with Gasteiger partial charge in [0.05, 0.1) is 5.60 Å². The molecule has 0 amide bonds. The van der Waals surface area contributed by atoms with Crippen molar-refractivity contribution in [2.45, 2.75) is 19.4 Å². The molecule has 4 nitrogen and oxygen atoms in total. The van der Waals surface area contributed by atoms with Gasteiger partial charge in [0.1, 0.15) is 17.3 Å². The Morgan fingerprint density at radius 1 is 1.50 bits per heavy atom. The number of rotatable bonds is 1. The Morgan fingerprint density at radius 3 is 2.71 bits per heavy atom. The fourth-order valence-corrected chi connectivity index (χ4v) is 1.79. The molecule has 1 aromatic heterocycles. The van der Waals surface area contributed by atoms with Crippen molar-refractivity contribution >= 4 is 17.4 Å². The first kappa shape index (κ1) is 9.68. The molecule has 1 saturated heterocycles. The molecule has 14 heavy (non-hydrogen) atoms. The minimum Gasteiger partial charge on any atom is -0.386 e. The van der Waals surface area contributed by atoms with Gasteiger partial charge in [-0.05, 0) is 13.8 Å². The molecule has 0 radical (unpaired) electrons. The summed E-state index contributed by atoms with van der Waals surface area (Å²) < 4.78 is 0. The maximum atomic E-state index is 9.59. The van der Waals surface area contributed by atoms with E-state index in [1.165, 1.54) is 6.33 Å². The molecule has 0 unspecified atom stereocenters. The monoisotopic (exact) mass is 213 g/mol. The average Bonchev–Trinajstić information content (AvgIpc) is 2.06. The van der Waals surface area contributed by atoms with Gasteiger partial charge in [-0.15, -0.1) is 0 Å². The maximum Gasteiger partial charge on any atom is 0.137 e. The summed E-state index contributed by atoms with van der Waals surface area (Å²) in [5, 5.41) is 10.1. The van der Waals surface area contributed by atoms with Crippen LogP contribution < -0.4 is 4.90 Å². The Hall–Kier alpha value is -0.870. The number of nitrogens with zero attached hydrogens (tertiary/aromatic N) is 3. The predicted molar refractivity (Wildman–Crippen MR) is 54.6 cm³/mol. The number of β-amino-alcohol motifs (C(OH)–C–C–N with tert-alkyl or cyclic N) is 1. The smallest absolute Gasteiger partial charge is 0.137 e. The minimum atomic E-state index is -0.593. The largest absolute Gasteiger partial charge is 0.386 e. The highest BCUT2D eigenvalue weighted by atomic mass is 35.5. The second kappa shape index (κ2) is 3.07. The van der Waals surface area contributed by atoms with Crippen molar-refractivity contribution in [3.8, 4) is 0 Å². The van der Waals surface area contributed by atoms with E-state index < -0.39 is 5.60 Å². The van der Waals surface area contributed by atoms with Gasteiger partial charge in [0.25, 0.3) is 0 Å². The first-order valence-corrected chi connectivity index (χ1v) is 4.82. The number of aromatic nitrogens is 2. The van der Waals surface area contributed by atoms with Crippen molar-refractivity contribution in [3.05, 3.63) is 17.0 Å². The molecule has 0 atom stereocenters. The lowest BCUT2D eigenvalue weighted by Gasteiger charge is -2.45. The Labute approximate surface area is 87.5 Å². The molecule has 1 N–H and O–H groups in total. The van der Waals surface area contributed by atoms with E-state index in [2.05, 4.69) is 9.97 Å². The van der Waals surface area contributed by atoms with E-state index in [1.807, 2.05) is 18.7 Å². The quantitative estimate of drug-likeness (QED) is 0.708. The van der Waals surface area contributed by atoms with Gasteiger partial charge >= 0.3 is 0 Å². The highest BCUT2D eigenvalue weighted by Gasteiger charge is 2.38. The summed E-state index contributed by atoms with van der Waals surface area (Å²) in [7, 11) is 0. The SMILES string of the molecule is Cc1c(Cl)ncnc1N1CC(C)(O)C1. The van der Waals surface area contributed by atoms with E-state index >= 15 is 0 Å². The molecular weight excluding hydrogens is 202 g/mol. The van der Waals surface area contributed by atoms with Crippen molar-refractivity contribution in [2.24, 2.45) is 0 Å². The summed E-state index contributed by atoms with van der Waals surface area (Å²) in [6, 6.07) is 0. The summed E-state index contributed by atoms with van der Waals surface area (Å²) in [6.45, 7) is 4.88. The van der Waals surface area contributed by atoms with Crippen LogP contribution >= 0.6 is 11.6 Å². The summed E-state index contributed by atoms with van der Waals surface area (Å²) in [5.74, 6) is 0.816. The van der Waals surface area contributed by atoms with Gasteiger partial charge < -0.3 is 10.0 Å². The van der Waals surface area contributed by atoms with Crippen LogP contribution in [0.15, 0.2) is 6.33 Å². The normalized spacial score (nSPS) is 19.3. The molecule has 2 heterocycles. The van der Waals surface area contributed by atoms with Gasteiger partial charge in [-0.1, -0.05) is 11.6 Å². The molecule has 0 bridgehead atoms. The molecule has 0 aliphatic carbocycles. The third kappa shape index (κ3) is 1.55. The summed E-state index contributed by atoms with van der Waals surface area (Å²) in [6.07, 6.45) is 1.44. The van der Waals surface area contributed by atoms with Crippen molar-refractivity contribution in [3.63, 3.8) is 0 Å². The lowest BCUT2D eigenvalue weighted by molar-refractivity contribution is 0.0304. The molecule has 1 aromatic rings. The molecule has 1 aliphatic heterocycles. The molecular formula is C9H12ClN3O. The summed E-state index contributed by atoms with van der Waals surface area (Å²) in [5.41, 5.74) is 0.272. The molecule has 76 valence electrons. The van der Waals surface area contributed by atoms with Gasteiger partial charge in [0.2, 0.25) is 0 Å². The standard InChI is InChI=1S/C9H12ClN3O/c1-6-7(10)11-5-12-8(6)13-3-9(2,14)4-13/h5,14H,3-4H2,1-2H3. The number of aliphatic hydroxyl groups is 1. The van der Waals surface area contributed by atoms with E-state index in [0.717, 1.165) is 11.4 Å². The van der Waals surface area contributed by atoms with Gasteiger partial charge in [0.15, 0.2) is 0 Å². The van der Waals surface area contributed by atoms with Gasteiger partial charge in [-0.2, -0.15) is 0 Å².